The van der Waals surface area contributed by atoms with Gasteiger partial charge in [0.2, 0.25) is 10.0 Å². The van der Waals surface area contributed by atoms with Crippen LogP contribution in [0, 0.1) is 5.92 Å². The van der Waals surface area contributed by atoms with Crippen LogP contribution in [0.2, 0.25) is 0 Å². The van der Waals surface area contributed by atoms with E-state index in [0.29, 0.717) is 12.5 Å². The Kier molecular flexibility index (Phi) is 5.33. The minimum absolute atomic E-state index is 0.0890. The van der Waals surface area contributed by atoms with Crippen LogP contribution in [0.4, 0.5) is 5.82 Å². The highest BCUT2D eigenvalue weighted by Gasteiger charge is 2.20. The quantitative estimate of drug-likeness (QED) is 0.547. The van der Waals surface area contributed by atoms with Crippen molar-refractivity contribution in [2.75, 3.05) is 12.0 Å². The lowest BCUT2D eigenvalue weighted by Gasteiger charge is -2.21. The van der Waals surface area contributed by atoms with Crippen LogP contribution in [0.25, 0.3) is 0 Å². The summed E-state index contributed by atoms with van der Waals surface area (Å²) in [5.74, 6) is 6.10. The number of rotatable bonds is 6. The van der Waals surface area contributed by atoms with E-state index in [4.69, 9.17) is 5.84 Å². The number of nitrogens with one attached hydrogen (secondary N) is 2. The molecule has 1 saturated carbocycles. The summed E-state index contributed by atoms with van der Waals surface area (Å²) in [4.78, 5) is 4.00. The lowest BCUT2D eigenvalue weighted by molar-refractivity contribution is 0.339. The van der Waals surface area contributed by atoms with Crippen LogP contribution < -0.4 is 16.0 Å². The minimum atomic E-state index is -3.56. The van der Waals surface area contributed by atoms with Crippen LogP contribution in [0.3, 0.4) is 0 Å². The van der Waals surface area contributed by atoms with E-state index in [2.05, 4.69) is 15.1 Å². The monoisotopic (exact) mass is 298 g/mol. The maximum Gasteiger partial charge on any atom is 0.244 e. The Morgan fingerprint density at radius 1 is 1.30 bits per heavy atom. The van der Waals surface area contributed by atoms with E-state index in [1.54, 1.807) is 6.07 Å². The zero-order valence-electron chi connectivity index (χ0n) is 11.5. The SMILES string of the molecule is NNc1ncccc1S(=O)(=O)NCCC1CCCCC1. The first-order valence-electron chi connectivity index (χ1n) is 7.05. The fraction of sp³-hybridized carbons (Fsp3) is 0.615. The number of nitrogen functional groups attached to an aromatic ring is 1. The van der Waals surface area contributed by atoms with Crippen molar-refractivity contribution in [2.45, 2.75) is 43.4 Å². The molecular weight excluding hydrogens is 276 g/mol. The first-order valence-corrected chi connectivity index (χ1v) is 8.53. The first-order chi connectivity index (χ1) is 9.63. The first kappa shape index (κ1) is 15.2. The van der Waals surface area contributed by atoms with Gasteiger partial charge in [-0.05, 0) is 24.5 Å². The normalized spacial score (nSPS) is 17.1. The second-order valence-corrected chi connectivity index (χ2v) is 6.92. The average Bonchev–Trinajstić information content (AvgIpc) is 2.48. The van der Waals surface area contributed by atoms with Crippen molar-refractivity contribution >= 4 is 15.8 Å². The smallest absolute Gasteiger partial charge is 0.244 e. The summed E-state index contributed by atoms with van der Waals surface area (Å²) in [7, 11) is -3.56. The van der Waals surface area contributed by atoms with Crippen LogP contribution in [0.1, 0.15) is 38.5 Å². The van der Waals surface area contributed by atoms with Crippen molar-refractivity contribution in [2.24, 2.45) is 11.8 Å². The van der Waals surface area contributed by atoms with Crippen LogP contribution in [-0.4, -0.2) is 19.9 Å². The van der Waals surface area contributed by atoms with Crippen LogP contribution in [0.15, 0.2) is 23.2 Å². The number of pyridine rings is 1. The third-order valence-electron chi connectivity index (χ3n) is 3.77. The molecule has 0 radical (unpaired) electrons. The van der Waals surface area contributed by atoms with Gasteiger partial charge in [-0.15, -0.1) is 0 Å². The molecule has 2 rings (SSSR count). The minimum Gasteiger partial charge on any atom is -0.307 e. The van der Waals surface area contributed by atoms with Gasteiger partial charge < -0.3 is 5.43 Å². The van der Waals surface area contributed by atoms with Crippen molar-refractivity contribution in [3.05, 3.63) is 18.3 Å². The fourth-order valence-electron chi connectivity index (χ4n) is 2.67. The average molecular weight is 298 g/mol. The van der Waals surface area contributed by atoms with E-state index in [0.717, 1.165) is 6.42 Å². The predicted octanol–water partition coefficient (Wildman–Crippen LogP) is 1.62. The number of aromatic nitrogens is 1. The van der Waals surface area contributed by atoms with Crippen LogP contribution in [0.5, 0.6) is 0 Å². The summed E-state index contributed by atoms with van der Waals surface area (Å²) < 4.78 is 27.0. The molecule has 0 aromatic carbocycles. The maximum absolute atomic E-state index is 12.2. The van der Waals surface area contributed by atoms with Gasteiger partial charge in [-0.25, -0.2) is 24.0 Å². The number of sulfonamides is 1. The Labute approximate surface area is 120 Å². The summed E-state index contributed by atoms with van der Waals surface area (Å²) in [6, 6.07) is 3.07. The molecule has 1 aromatic heterocycles. The number of hydrogen-bond donors (Lipinski definition) is 3. The number of nitrogens with zero attached hydrogens (tertiary/aromatic N) is 1. The Morgan fingerprint density at radius 2 is 2.05 bits per heavy atom. The van der Waals surface area contributed by atoms with E-state index in [-0.39, 0.29) is 10.7 Å². The Hall–Kier alpha value is -1.18. The van der Waals surface area contributed by atoms with Crippen LogP contribution >= 0.6 is 0 Å². The molecule has 7 heteroatoms. The highest BCUT2D eigenvalue weighted by molar-refractivity contribution is 7.89. The molecule has 1 aliphatic rings. The van der Waals surface area contributed by atoms with E-state index in [9.17, 15) is 8.42 Å². The van der Waals surface area contributed by atoms with Gasteiger partial charge in [0.1, 0.15) is 4.90 Å². The summed E-state index contributed by atoms with van der Waals surface area (Å²) in [5, 5.41) is 0. The highest BCUT2D eigenvalue weighted by Crippen LogP contribution is 2.26. The molecule has 20 heavy (non-hydrogen) atoms. The number of hydrazine groups is 1. The van der Waals surface area contributed by atoms with E-state index >= 15 is 0 Å². The molecular formula is C13H22N4O2S. The lowest BCUT2D eigenvalue weighted by Crippen LogP contribution is -2.28. The third-order valence-corrected chi connectivity index (χ3v) is 5.26. The molecule has 0 unspecified atom stereocenters. The van der Waals surface area contributed by atoms with Gasteiger partial charge in [0.15, 0.2) is 5.82 Å². The van der Waals surface area contributed by atoms with Crippen molar-refractivity contribution < 1.29 is 8.42 Å². The Balaban J connectivity index is 1.93. The maximum atomic E-state index is 12.2. The van der Waals surface area contributed by atoms with Gasteiger partial charge in [0, 0.05) is 12.7 Å². The molecule has 0 saturated heterocycles. The molecule has 0 aliphatic heterocycles. The second-order valence-electron chi connectivity index (χ2n) is 5.18. The molecule has 1 fully saturated rings. The molecule has 0 bridgehead atoms. The van der Waals surface area contributed by atoms with E-state index in [1.165, 1.54) is 44.4 Å². The number of hydrogen-bond acceptors (Lipinski definition) is 5. The molecule has 0 amide bonds. The summed E-state index contributed by atoms with van der Waals surface area (Å²) in [5.41, 5.74) is 2.31. The third kappa shape index (κ3) is 3.91. The summed E-state index contributed by atoms with van der Waals surface area (Å²) >= 11 is 0. The molecule has 0 atom stereocenters. The standard InChI is InChI=1S/C13H22N4O2S/c14-17-13-12(7-4-9-15-13)20(18,19)16-10-8-11-5-2-1-3-6-11/h4,7,9,11,16H,1-3,5-6,8,10,14H2,(H,15,17). The van der Waals surface area contributed by atoms with Crippen molar-refractivity contribution in [3.63, 3.8) is 0 Å². The lowest BCUT2D eigenvalue weighted by atomic mass is 9.87. The molecule has 4 N–H and O–H groups in total. The van der Waals surface area contributed by atoms with E-state index < -0.39 is 10.0 Å². The van der Waals surface area contributed by atoms with Crippen molar-refractivity contribution in [1.29, 1.82) is 0 Å². The molecule has 1 aromatic rings. The second kappa shape index (κ2) is 7.01. The van der Waals surface area contributed by atoms with Gasteiger partial charge >= 0.3 is 0 Å². The predicted molar refractivity (Wildman–Crippen MR) is 78.4 cm³/mol. The Bertz CT molecular complexity index is 527. The molecule has 1 heterocycles. The largest absolute Gasteiger partial charge is 0.307 e. The topological polar surface area (TPSA) is 97.1 Å². The number of anilines is 1. The molecule has 112 valence electrons. The fourth-order valence-corrected chi connectivity index (χ4v) is 3.83. The number of nitrogens with two attached hydrogens (primary N) is 1. The van der Waals surface area contributed by atoms with Gasteiger partial charge in [-0.1, -0.05) is 32.1 Å². The van der Waals surface area contributed by atoms with Gasteiger partial charge in [-0.3, -0.25) is 0 Å². The van der Waals surface area contributed by atoms with E-state index in [1.807, 2.05) is 0 Å². The van der Waals surface area contributed by atoms with Gasteiger partial charge in [-0.2, -0.15) is 0 Å². The molecule has 1 aliphatic carbocycles. The molecule has 0 spiro atoms. The molecule has 6 nitrogen and oxygen atoms in total. The van der Waals surface area contributed by atoms with Crippen LogP contribution in [-0.2, 0) is 10.0 Å². The zero-order chi connectivity index (χ0) is 14.4. The Morgan fingerprint density at radius 3 is 2.75 bits per heavy atom. The summed E-state index contributed by atoms with van der Waals surface area (Å²) in [6.45, 7) is 0.464. The van der Waals surface area contributed by atoms with Crippen molar-refractivity contribution in [1.82, 2.24) is 9.71 Å². The van der Waals surface area contributed by atoms with Crippen molar-refractivity contribution in [3.8, 4) is 0 Å². The van der Waals surface area contributed by atoms with Gasteiger partial charge in [0.25, 0.3) is 0 Å². The highest BCUT2D eigenvalue weighted by atomic mass is 32.2. The summed E-state index contributed by atoms with van der Waals surface area (Å²) in [6.07, 6.45) is 8.65. The zero-order valence-corrected chi connectivity index (χ0v) is 12.3. The van der Waals surface area contributed by atoms with Gasteiger partial charge in [0.05, 0.1) is 0 Å².